The van der Waals surface area contributed by atoms with Gasteiger partial charge in [-0.2, -0.15) is 16.9 Å². The maximum Gasteiger partial charge on any atom is 0.284 e. The number of aromatic nitrogens is 2. The molecule has 184 valence electrons. The first-order valence-electron chi connectivity index (χ1n) is 11.8. The highest BCUT2D eigenvalue weighted by molar-refractivity contribution is 7.99. The molecule has 3 heterocycles. The molecule has 9 heteroatoms. The lowest BCUT2D eigenvalue weighted by Crippen LogP contribution is -2.42. The number of nitrogens with zero attached hydrogens (tertiary/aromatic N) is 3. The molecular formula is C27H23Cl2FN4OS. The third-order valence-electron chi connectivity index (χ3n) is 6.93. The van der Waals surface area contributed by atoms with Gasteiger partial charge < -0.3 is 0 Å². The molecule has 1 amide bonds. The number of benzene rings is 2. The van der Waals surface area contributed by atoms with E-state index in [1.54, 1.807) is 46.8 Å². The lowest BCUT2D eigenvalue weighted by Gasteiger charge is -2.20. The van der Waals surface area contributed by atoms with E-state index in [1.165, 1.54) is 12.1 Å². The number of hydrogen-bond acceptors (Lipinski definition) is 4. The van der Waals surface area contributed by atoms with Gasteiger partial charge in [0.05, 0.1) is 16.4 Å². The second-order valence-corrected chi connectivity index (χ2v) is 11.2. The molecule has 2 aliphatic heterocycles. The Balaban J connectivity index is 1.42. The minimum Gasteiger partial charge on any atom is -0.283 e. The number of carbonyl (C=O) groups excluding carboxylic acids is 1. The summed E-state index contributed by atoms with van der Waals surface area (Å²) in [4.78, 5) is 13.8. The first-order valence-corrected chi connectivity index (χ1v) is 13.7. The molecular weight excluding hydrogens is 518 g/mol. The van der Waals surface area contributed by atoms with Crippen molar-refractivity contribution in [1.29, 1.82) is 0 Å². The summed E-state index contributed by atoms with van der Waals surface area (Å²) in [6, 6.07) is 11.5. The molecule has 3 aliphatic rings. The normalized spacial score (nSPS) is 22.1. The van der Waals surface area contributed by atoms with E-state index in [1.807, 2.05) is 11.1 Å². The number of hydrazine groups is 1. The van der Waals surface area contributed by atoms with Crippen LogP contribution >= 0.6 is 35.0 Å². The highest BCUT2D eigenvalue weighted by Crippen LogP contribution is 2.38. The van der Waals surface area contributed by atoms with Crippen molar-refractivity contribution < 1.29 is 9.18 Å². The SMILES string of the molecule is O=C(NN1CC2C=CCC2C1)c1c2c(nn1-c1ccc(Cl)cc1Cl)C(=Cc1ccc(F)cc1)CSC2. The predicted molar refractivity (Wildman–Crippen MR) is 144 cm³/mol. The topological polar surface area (TPSA) is 50.2 Å². The number of hydrogen-bond donors (Lipinski definition) is 1. The van der Waals surface area contributed by atoms with Crippen LogP contribution < -0.4 is 5.43 Å². The van der Waals surface area contributed by atoms with Gasteiger partial charge in [-0.05, 0) is 65.8 Å². The van der Waals surface area contributed by atoms with Crippen LogP contribution in [0.15, 0.2) is 54.6 Å². The number of allylic oxidation sites excluding steroid dienone is 1. The fourth-order valence-corrected chi connectivity index (χ4v) is 6.70. The minimum atomic E-state index is -0.280. The van der Waals surface area contributed by atoms with Crippen molar-refractivity contribution >= 4 is 52.5 Å². The van der Waals surface area contributed by atoms with E-state index in [-0.39, 0.29) is 11.7 Å². The van der Waals surface area contributed by atoms with Crippen molar-refractivity contribution in [1.82, 2.24) is 20.2 Å². The number of halogens is 3. The molecule has 5 nitrogen and oxygen atoms in total. The van der Waals surface area contributed by atoms with Crippen LogP contribution in [0.4, 0.5) is 4.39 Å². The molecule has 36 heavy (non-hydrogen) atoms. The second kappa shape index (κ2) is 9.71. The number of fused-ring (bicyclic) bond motifs is 2. The molecule has 6 rings (SSSR count). The molecule has 0 saturated carbocycles. The summed E-state index contributed by atoms with van der Waals surface area (Å²) in [6.45, 7) is 1.63. The Labute approximate surface area is 222 Å². The Kier molecular flexibility index (Phi) is 6.42. The molecule has 2 unspecified atom stereocenters. The zero-order valence-corrected chi connectivity index (χ0v) is 21.6. The summed E-state index contributed by atoms with van der Waals surface area (Å²) in [5, 5.41) is 7.84. The molecule has 2 atom stereocenters. The summed E-state index contributed by atoms with van der Waals surface area (Å²) >= 11 is 14.4. The van der Waals surface area contributed by atoms with Crippen LogP contribution in [0, 0.1) is 17.7 Å². The number of amides is 1. The van der Waals surface area contributed by atoms with Crippen LogP contribution in [0.2, 0.25) is 10.0 Å². The van der Waals surface area contributed by atoms with E-state index in [2.05, 4.69) is 17.6 Å². The van der Waals surface area contributed by atoms with Crippen molar-refractivity contribution in [2.75, 3.05) is 18.8 Å². The summed E-state index contributed by atoms with van der Waals surface area (Å²) in [6.07, 6.45) is 7.54. The third kappa shape index (κ3) is 4.50. The quantitative estimate of drug-likeness (QED) is 0.397. The molecule has 1 aliphatic carbocycles. The Morgan fingerprint density at radius 1 is 1.14 bits per heavy atom. The molecule has 0 radical (unpaired) electrons. The van der Waals surface area contributed by atoms with Gasteiger partial charge in [0, 0.05) is 35.2 Å². The van der Waals surface area contributed by atoms with Crippen LogP contribution in [0.5, 0.6) is 0 Å². The summed E-state index contributed by atoms with van der Waals surface area (Å²) in [5.74, 6) is 1.93. The lowest BCUT2D eigenvalue weighted by molar-refractivity contribution is 0.0809. The lowest BCUT2D eigenvalue weighted by atomic mass is 10.0. The Bertz CT molecular complexity index is 1400. The molecule has 1 fully saturated rings. The minimum absolute atomic E-state index is 0.206. The van der Waals surface area contributed by atoms with Gasteiger partial charge in [-0.3, -0.25) is 10.2 Å². The second-order valence-electron chi connectivity index (χ2n) is 9.33. The van der Waals surface area contributed by atoms with E-state index >= 15 is 0 Å². The van der Waals surface area contributed by atoms with Crippen molar-refractivity contribution in [2.45, 2.75) is 12.2 Å². The molecule has 1 aromatic heterocycles. The van der Waals surface area contributed by atoms with Crippen molar-refractivity contribution in [3.8, 4) is 5.69 Å². The summed E-state index contributed by atoms with van der Waals surface area (Å²) in [7, 11) is 0. The highest BCUT2D eigenvalue weighted by atomic mass is 35.5. The van der Waals surface area contributed by atoms with Gasteiger partial charge in [0.2, 0.25) is 0 Å². The smallest absolute Gasteiger partial charge is 0.283 e. The van der Waals surface area contributed by atoms with E-state index in [0.29, 0.717) is 39.0 Å². The van der Waals surface area contributed by atoms with Gasteiger partial charge in [-0.25, -0.2) is 14.1 Å². The molecule has 1 saturated heterocycles. The standard InChI is InChI=1S/C27H23Cl2FN4OS/c28-20-6-9-24(23(29)11-20)34-26(27(35)32-33-12-17-2-1-3-18(17)13-33)22-15-36-14-19(25(22)31-34)10-16-4-7-21(30)8-5-16/h1-2,4-11,17-18H,3,12-15H2,(H,32,35). The van der Waals surface area contributed by atoms with E-state index < -0.39 is 0 Å². The van der Waals surface area contributed by atoms with Gasteiger partial charge in [0.1, 0.15) is 11.5 Å². The maximum absolute atomic E-state index is 13.8. The molecule has 3 aromatic rings. The zero-order chi connectivity index (χ0) is 24.8. The number of thioether (sulfide) groups is 1. The van der Waals surface area contributed by atoms with Crippen LogP contribution in [-0.4, -0.2) is 39.5 Å². The maximum atomic E-state index is 13.8. The molecule has 0 spiro atoms. The first-order chi connectivity index (χ1) is 17.5. The Hall–Kier alpha value is -2.58. The van der Waals surface area contributed by atoms with Crippen molar-refractivity contribution in [3.05, 3.63) is 93.0 Å². The Morgan fingerprint density at radius 3 is 2.75 bits per heavy atom. The van der Waals surface area contributed by atoms with Crippen molar-refractivity contribution in [3.63, 3.8) is 0 Å². The van der Waals surface area contributed by atoms with Gasteiger partial charge >= 0.3 is 0 Å². The summed E-state index contributed by atoms with van der Waals surface area (Å²) < 4.78 is 15.1. The van der Waals surface area contributed by atoms with E-state index in [4.69, 9.17) is 28.3 Å². The number of rotatable bonds is 4. The average Bonchev–Trinajstić information content (AvgIpc) is 3.54. The largest absolute Gasteiger partial charge is 0.284 e. The summed E-state index contributed by atoms with van der Waals surface area (Å²) in [5.41, 5.74) is 7.67. The van der Waals surface area contributed by atoms with E-state index in [0.717, 1.165) is 47.7 Å². The fourth-order valence-electron chi connectivity index (χ4n) is 5.19. The van der Waals surface area contributed by atoms with Crippen molar-refractivity contribution in [2.24, 2.45) is 11.8 Å². The Morgan fingerprint density at radius 2 is 1.97 bits per heavy atom. The van der Waals surface area contributed by atoms with Gasteiger partial charge in [0.15, 0.2) is 0 Å². The predicted octanol–water partition coefficient (Wildman–Crippen LogP) is 6.26. The highest BCUT2D eigenvalue weighted by Gasteiger charge is 2.36. The monoisotopic (exact) mass is 540 g/mol. The van der Waals surface area contributed by atoms with Gasteiger partial charge in [0.25, 0.3) is 5.91 Å². The third-order valence-corrected chi connectivity index (χ3v) is 8.47. The molecule has 1 N–H and O–H groups in total. The van der Waals surface area contributed by atoms with Gasteiger partial charge in [-0.15, -0.1) is 0 Å². The van der Waals surface area contributed by atoms with Crippen LogP contribution in [0.25, 0.3) is 17.3 Å². The van der Waals surface area contributed by atoms with E-state index in [9.17, 15) is 9.18 Å². The number of nitrogens with one attached hydrogen (secondary N) is 1. The van der Waals surface area contributed by atoms with Crippen LogP contribution in [0.3, 0.4) is 0 Å². The first kappa shape index (κ1) is 23.8. The number of carbonyl (C=O) groups is 1. The molecule has 0 bridgehead atoms. The molecule has 2 aromatic carbocycles. The average molecular weight is 541 g/mol. The van der Waals surface area contributed by atoms with Crippen LogP contribution in [-0.2, 0) is 5.75 Å². The fraction of sp³-hybridized carbons (Fsp3) is 0.259. The van der Waals surface area contributed by atoms with Crippen LogP contribution in [0.1, 0.15) is 33.7 Å². The zero-order valence-electron chi connectivity index (χ0n) is 19.3. The van der Waals surface area contributed by atoms with Gasteiger partial charge in [-0.1, -0.05) is 47.5 Å².